The molecule has 0 saturated carbocycles. The zero-order chi connectivity index (χ0) is 17.6. The van der Waals surface area contributed by atoms with Crippen LogP contribution in [0.1, 0.15) is 62.5 Å². The minimum Gasteiger partial charge on any atom is -0.497 e. The maximum absolute atomic E-state index is 5.31. The van der Waals surface area contributed by atoms with Gasteiger partial charge in [0.25, 0.3) is 0 Å². The summed E-state index contributed by atoms with van der Waals surface area (Å²) in [5, 5.41) is 0. The van der Waals surface area contributed by atoms with E-state index in [4.69, 9.17) is 4.74 Å². The van der Waals surface area contributed by atoms with Crippen LogP contribution in [0.15, 0.2) is 48.5 Å². The molecule has 2 atom stereocenters. The van der Waals surface area contributed by atoms with Gasteiger partial charge in [-0.2, -0.15) is 0 Å². The van der Waals surface area contributed by atoms with Crippen molar-refractivity contribution in [1.29, 1.82) is 0 Å². The average molecular weight is 338 g/mol. The van der Waals surface area contributed by atoms with Gasteiger partial charge in [0.05, 0.1) is 7.11 Å². The Kier molecular flexibility index (Phi) is 6.01. The summed E-state index contributed by atoms with van der Waals surface area (Å²) < 4.78 is 5.31. The van der Waals surface area contributed by atoms with Crippen molar-refractivity contribution in [1.82, 2.24) is 0 Å². The van der Waals surface area contributed by atoms with Crippen LogP contribution in [0.2, 0.25) is 0 Å². The Morgan fingerprint density at radius 3 is 1.72 bits per heavy atom. The zero-order valence-electron chi connectivity index (χ0n) is 15.9. The third-order valence-corrected chi connectivity index (χ3v) is 5.70. The van der Waals surface area contributed by atoms with Crippen LogP contribution < -0.4 is 9.64 Å². The molecular weight excluding hydrogens is 306 g/mol. The molecule has 0 aliphatic carbocycles. The molecule has 0 amide bonds. The highest BCUT2D eigenvalue weighted by atomic mass is 16.5. The first-order valence-electron chi connectivity index (χ1n) is 9.75. The van der Waals surface area contributed by atoms with Crippen LogP contribution in [-0.2, 0) is 0 Å². The van der Waals surface area contributed by atoms with Gasteiger partial charge in [-0.3, -0.25) is 0 Å². The third-order valence-electron chi connectivity index (χ3n) is 5.70. The van der Waals surface area contributed by atoms with E-state index in [1.807, 2.05) is 0 Å². The Bertz CT molecular complexity index is 641. The van der Waals surface area contributed by atoms with Crippen LogP contribution in [0, 0.1) is 0 Å². The molecule has 0 spiro atoms. The van der Waals surface area contributed by atoms with Gasteiger partial charge in [-0.15, -0.1) is 0 Å². The van der Waals surface area contributed by atoms with Gasteiger partial charge in [-0.05, 0) is 72.9 Å². The Morgan fingerprint density at radius 2 is 1.28 bits per heavy atom. The van der Waals surface area contributed by atoms with Crippen molar-refractivity contribution in [2.45, 2.75) is 51.4 Å². The monoisotopic (exact) mass is 337 g/mol. The van der Waals surface area contributed by atoms with E-state index in [-0.39, 0.29) is 0 Å². The molecule has 0 unspecified atom stereocenters. The van der Waals surface area contributed by atoms with E-state index in [1.54, 1.807) is 7.11 Å². The van der Waals surface area contributed by atoms with Gasteiger partial charge in [0.2, 0.25) is 0 Å². The number of hydrogen-bond donors (Lipinski definition) is 0. The highest BCUT2D eigenvalue weighted by molar-refractivity contribution is 5.49. The second-order valence-electron chi connectivity index (χ2n) is 7.09. The van der Waals surface area contributed by atoms with E-state index < -0.39 is 0 Å². The molecule has 0 aromatic heterocycles. The van der Waals surface area contributed by atoms with Crippen molar-refractivity contribution < 1.29 is 4.74 Å². The number of ether oxygens (including phenoxy) is 1. The van der Waals surface area contributed by atoms with E-state index in [2.05, 4.69) is 67.3 Å². The van der Waals surface area contributed by atoms with E-state index in [9.17, 15) is 0 Å². The summed E-state index contributed by atoms with van der Waals surface area (Å²) in [5.41, 5.74) is 4.26. The Balaban J connectivity index is 1.80. The highest BCUT2D eigenvalue weighted by Crippen LogP contribution is 2.39. The van der Waals surface area contributed by atoms with Crippen LogP contribution in [0.4, 0.5) is 5.69 Å². The SMILES string of the molecule is CC[C@H](c1ccc(OC)cc1)[C@H](CC)c1ccc(N2CCCC2)cc1. The number of rotatable bonds is 7. The fraction of sp³-hybridized carbons (Fsp3) is 0.478. The van der Waals surface area contributed by atoms with Crippen LogP contribution in [0.3, 0.4) is 0 Å². The lowest BCUT2D eigenvalue weighted by Gasteiger charge is -2.27. The topological polar surface area (TPSA) is 12.5 Å². The fourth-order valence-electron chi connectivity index (χ4n) is 4.26. The molecule has 0 radical (unpaired) electrons. The summed E-state index contributed by atoms with van der Waals surface area (Å²) in [4.78, 5) is 2.51. The largest absolute Gasteiger partial charge is 0.497 e. The van der Waals surface area contributed by atoms with E-state index >= 15 is 0 Å². The van der Waals surface area contributed by atoms with Crippen LogP contribution in [-0.4, -0.2) is 20.2 Å². The van der Waals surface area contributed by atoms with Gasteiger partial charge >= 0.3 is 0 Å². The van der Waals surface area contributed by atoms with Crippen molar-refractivity contribution in [3.8, 4) is 5.75 Å². The maximum Gasteiger partial charge on any atom is 0.118 e. The quantitative estimate of drug-likeness (QED) is 0.616. The van der Waals surface area contributed by atoms with Gasteiger partial charge in [0, 0.05) is 18.8 Å². The van der Waals surface area contributed by atoms with E-state index in [1.165, 1.54) is 42.7 Å². The number of nitrogens with zero attached hydrogens (tertiary/aromatic N) is 1. The molecule has 134 valence electrons. The lowest BCUT2D eigenvalue weighted by Crippen LogP contribution is -2.17. The van der Waals surface area contributed by atoms with Crippen LogP contribution >= 0.6 is 0 Å². The number of methoxy groups -OCH3 is 1. The minimum absolute atomic E-state index is 0.550. The number of hydrogen-bond acceptors (Lipinski definition) is 2. The lowest BCUT2D eigenvalue weighted by molar-refractivity contribution is 0.414. The summed E-state index contributed by atoms with van der Waals surface area (Å²) >= 11 is 0. The first-order chi connectivity index (χ1) is 12.3. The fourth-order valence-corrected chi connectivity index (χ4v) is 4.26. The Morgan fingerprint density at radius 1 is 0.800 bits per heavy atom. The summed E-state index contributed by atoms with van der Waals surface area (Å²) in [6.45, 7) is 7.03. The maximum atomic E-state index is 5.31. The molecule has 2 heteroatoms. The lowest BCUT2D eigenvalue weighted by atomic mass is 9.78. The van der Waals surface area contributed by atoms with Crippen molar-refractivity contribution in [3.63, 3.8) is 0 Å². The predicted octanol–water partition coefficient (Wildman–Crippen LogP) is 5.98. The molecule has 0 N–H and O–H groups in total. The van der Waals surface area contributed by atoms with Crippen molar-refractivity contribution >= 4 is 5.69 Å². The average Bonchev–Trinajstić information content (AvgIpc) is 3.21. The molecule has 25 heavy (non-hydrogen) atoms. The van der Waals surface area contributed by atoms with E-state index in [0.29, 0.717) is 11.8 Å². The van der Waals surface area contributed by atoms with Gasteiger partial charge < -0.3 is 9.64 Å². The van der Waals surface area contributed by atoms with Crippen molar-refractivity contribution in [2.75, 3.05) is 25.1 Å². The normalized spacial score (nSPS) is 16.7. The van der Waals surface area contributed by atoms with Gasteiger partial charge in [-0.1, -0.05) is 38.1 Å². The van der Waals surface area contributed by atoms with Gasteiger partial charge in [0.15, 0.2) is 0 Å². The number of anilines is 1. The molecular formula is C23H31NO. The molecule has 1 heterocycles. The molecule has 3 rings (SSSR count). The highest BCUT2D eigenvalue weighted by Gasteiger charge is 2.22. The second kappa shape index (κ2) is 8.42. The predicted molar refractivity (Wildman–Crippen MR) is 107 cm³/mol. The number of benzene rings is 2. The smallest absolute Gasteiger partial charge is 0.118 e. The van der Waals surface area contributed by atoms with E-state index in [0.717, 1.165) is 18.6 Å². The molecule has 2 nitrogen and oxygen atoms in total. The zero-order valence-corrected chi connectivity index (χ0v) is 15.9. The molecule has 1 fully saturated rings. The molecule has 1 aliphatic rings. The molecule has 2 aromatic carbocycles. The van der Waals surface area contributed by atoms with Gasteiger partial charge in [0.1, 0.15) is 5.75 Å². The van der Waals surface area contributed by atoms with Crippen LogP contribution in [0.5, 0.6) is 5.75 Å². The summed E-state index contributed by atoms with van der Waals surface area (Å²) in [5.74, 6) is 2.04. The Labute approximate surface area is 152 Å². The molecule has 1 saturated heterocycles. The van der Waals surface area contributed by atoms with Crippen molar-refractivity contribution in [3.05, 3.63) is 59.7 Å². The standard InChI is InChI=1S/C23H31NO/c1-4-22(23(5-2)19-10-14-21(25-3)15-11-19)18-8-12-20(13-9-18)24-16-6-7-17-24/h8-15,22-23H,4-7,16-17H2,1-3H3/t22-,23-/m1/s1. The minimum atomic E-state index is 0.550. The van der Waals surface area contributed by atoms with Crippen molar-refractivity contribution in [2.24, 2.45) is 0 Å². The molecule has 2 aromatic rings. The Hall–Kier alpha value is -1.96. The molecule has 1 aliphatic heterocycles. The third kappa shape index (κ3) is 4.00. The van der Waals surface area contributed by atoms with Gasteiger partial charge in [-0.25, -0.2) is 0 Å². The summed E-state index contributed by atoms with van der Waals surface area (Å²) in [6, 6.07) is 18.0. The second-order valence-corrected chi connectivity index (χ2v) is 7.09. The summed E-state index contributed by atoms with van der Waals surface area (Å²) in [7, 11) is 1.73. The molecule has 0 bridgehead atoms. The summed E-state index contributed by atoms with van der Waals surface area (Å²) in [6.07, 6.45) is 4.97. The van der Waals surface area contributed by atoms with Crippen LogP contribution in [0.25, 0.3) is 0 Å². The first kappa shape index (κ1) is 17.8. The first-order valence-corrected chi connectivity index (χ1v) is 9.75.